The van der Waals surface area contributed by atoms with Gasteiger partial charge in [-0.1, -0.05) is 0 Å². The van der Waals surface area contributed by atoms with Gasteiger partial charge in [-0.15, -0.1) is 0 Å². The maximum atomic E-state index is 13.4. The molecule has 0 saturated carbocycles. The van der Waals surface area contributed by atoms with Gasteiger partial charge in [0.05, 0.1) is 44.2 Å². The van der Waals surface area contributed by atoms with E-state index in [0.717, 1.165) is 27.5 Å². The molecule has 0 aliphatic carbocycles. The van der Waals surface area contributed by atoms with Crippen molar-refractivity contribution in [2.45, 2.75) is 18.9 Å². The van der Waals surface area contributed by atoms with E-state index < -0.39 is 6.04 Å². The summed E-state index contributed by atoms with van der Waals surface area (Å²) in [7, 11) is 11.0. The van der Waals surface area contributed by atoms with Crippen LogP contribution in [0, 0.1) is 0 Å². The van der Waals surface area contributed by atoms with Crippen LogP contribution in [0.2, 0.25) is 0 Å². The highest BCUT2D eigenvalue weighted by Gasteiger charge is 2.27. The Bertz CT molecular complexity index is 1070. The molecule has 11 heteroatoms. The van der Waals surface area contributed by atoms with Gasteiger partial charge in [0, 0.05) is 19.2 Å². The summed E-state index contributed by atoms with van der Waals surface area (Å²) >= 11 is 14.1. The second-order valence-corrected chi connectivity index (χ2v) is 12.6. The Kier molecular flexibility index (Phi) is 13.0. The van der Waals surface area contributed by atoms with Crippen molar-refractivity contribution in [1.82, 2.24) is 14.7 Å². The van der Waals surface area contributed by atoms with Crippen LogP contribution in [0.5, 0.6) is 11.5 Å². The van der Waals surface area contributed by atoms with E-state index >= 15 is 0 Å². The molecule has 2 aromatic rings. The van der Waals surface area contributed by atoms with Gasteiger partial charge in [-0.05, 0) is 135 Å². The summed E-state index contributed by atoms with van der Waals surface area (Å²) in [6.07, 6.45) is 1.36. The zero-order valence-corrected chi connectivity index (χ0v) is 28.3. The number of carbonyl (C=O) groups excluding carboxylic acids is 2. The predicted octanol–water partition coefficient (Wildman–Crippen LogP) is 5.89. The van der Waals surface area contributed by atoms with E-state index in [-0.39, 0.29) is 18.2 Å². The SMILES string of the molecule is COc1c(Br)cc(CC(C(=O)N(C)CC(=O)c2cc(Br)c(OCCCN(C)C)c(Br)c2)N(C)C)cc1Br. The minimum absolute atomic E-state index is 0.0406. The van der Waals surface area contributed by atoms with Crippen molar-refractivity contribution < 1.29 is 19.1 Å². The molecule has 1 unspecified atom stereocenters. The first kappa shape index (κ1) is 32.2. The summed E-state index contributed by atoms with van der Waals surface area (Å²) in [5.74, 6) is 1.05. The van der Waals surface area contributed by atoms with Crippen LogP contribution in [0.15, 0.2) is 42.2 Å². The number of rotatable bonds is 13. The molecule has 0 aliphatic rings. The molecule has 2 aromatic carbocycles. The van der Waals surface area contributed by atoms with Crippen molar-refractivity contribution in [3.63, 3.8) is 0 Å². The van der Waals surface area contributed by atoms with Crippen molar-refractivity contribution in [2.75, 3.05) is 62.0 Å². The van der Waals surface area contributed by atoms with Crippen molar-refractivity contribution in [1.29, 1.82) is 0 Å². The molecule has 0 bridgehead atoms. The number of ether oxygens (including phenoxy) is 2. The number of amides is 1. The van der Waals surface area contributed by atoms with Crippen LogP contribution < -0.4 is 9.47 Å². The third-order valence-corrected chi connectivity index (χ3v) is 8.03. The quantitative estimate of drug-likeness (QED) is 0.187. The van der Waals surface area contributed by atoms with Crippen LogP contribution in [0.25, 0.3) is 0 Å². The molecular weight excluding hydrogens is 738 g/mol. The summed E-state index contributed by atoms with van der Waals surface area (Å²) < 4.78 is 14.3. The highest BCUT2D eigenvalue weighted by Crippen LogP contribution is 2.36. The lowest BCUT2D eigenvalue weighted by Gasteiger charge is -2.28. The Hall–Kier alpha value is -0.980. The van der Waals surface area contributed by atoms with Crippen LogP contribution in [0.1, 0.15) is 22.3 Å². The number of halogens is 4. The number of likely N-dealkylation sites (N-methyl/N-ethyl adjacent to an activating group) is 2. The fourth-order valence-electron chi connectivity index (χ4n) is 3.69. The van der Waals surface area contributed by atoms with Crippen LogP contribution in [0.3, 0.4) is 0 Å². The maximum absolute atomic E-state index is 13.4. The van der Waals surface area contributed by atoms with Gasteiger partial charge in [0.25, 0.3) is 0 Å². The van der Waals surface area contributed by atoms with Crippen LogP contribution in [-0.4, -0.2) is 94.5 Å². The Morgan fingerprint density at radius 3 is 1.89 bits per heavy atom. The molecule has 0 radical (unpaired) electrons. The molecule has 0 spiro atoms. The summed E-state index contributed by atoms with van der Waals surface area (Å²) in [6.45, 7) is 1.45. The zero-order valence-electron chi connectivity index (χ0n) is 21.9. The molecule has 0 heterocycles. The molecule has 7 nitrogen and oxygen atoms in total. The number of benzene rings is 2. The van der Waals surface area contributed by atoms with E-state index in [4.69, 9.17) is 9.47 Å². The fourth-order valence-corrected chi connectivity index (χ4v) is 6.71. The maximum Gasteiger partial charge on any atom is 0.240 e. The first-order chi connectivity index (χ1) is 17.3. The number of Topliss-reactive ketones (excluding diaryl/α,β-unsaturated/α-hetero) is 1. The van der Waals surface area contributed by atoms with Gasteiger partial charge in [0.2, 0.25) is 5.91 Å². The van der Waals surface area contributed by atoms with Crippen molar-refractivity contribution >= 4 is 75.4 Å². The molecule has 0 aromatic heterocycles. The lowest BCUT2D eigenvalue weighted by molar-refractivity contribution is -0.134. The van der Waals surface area contributed by atoms with E-state index in [0.29, 0.717) is 39.0 Å². The summed E-state index contributed by atoms with van der Waals surface area (Å²) in [4.78, 5) is 31.9. The first-order valence-electron chi connectivity index (χ1n) is 11.6. The Labute approximate surface area is 253 Å². The highest BCUT2D eigenvalue weighted by molar-refractivity contribution is 9.11. The molecule has 204 valence electrons. The molecule has 0 N–H and O–H groups in total. The number of ketones is 1. The van der Waals surface area contributed by atoms with Crippen LogP contribution in [0.4, 0.5) is 0 Å². The minimum atomic E-state index is -0.443. The minimum Gasteiger partial charge on any atom is -0.494 e. The van der Waals surface area contributed by atoms with Gasteiger partial charge in [-0.25, -0.2) is 0 Å². The van der Waals surface area contributed by atoms with Gasteiger partial charge in [-0.2, -0.15) is 0 Å². The fraction of sp³-hybridized carbons (Fsp3) is 0.462. The second-order valence-electron chi connectivity index (χ2n) is 9.17. The normalized spacial score (nSPS) is 12.1. The van der Waals surface area contributed by atoms with Crippen LogP contribution >= 0.6 is 63.7 Å². The number of hydrogen-bond donors (Lipinski definition) is 0. The first-order valence-corrected chi connectivity index (χ1v) is 14.8. The number of nitrogens with zero attached hydrogens (tertiary/aromatic N) is 3. The topological polar surface area (TPSA) is 62.3 Å². The van der Waals surface area contributed by atoms with E-state index in [9.17, 15) is 9.59 Å². The molecule has 1 amide bonds. The smallest absolute Gasteiger partial charge is 0.240 e. The average molecular weight is 771 g/mol. The molecule has 2 rings (SSSR count). The highest BCUT2D eigenvalue weighted by atomic mass is 79.9. The third-order valence-electron chi connectivity index (χ3n) is 5.67. The van der Waals surface area contributed by atoms with Gasteiger partial charge < -0.3 is 19.3 Å². The predicted molar refractivity (Wildman–Crippen MR) is 162 cm³/mol. The molecule has 1 atom stereocenters. The standard InChI is InChI=1S/C26H33Br4N3O4/c1-31(2)8-7-9-37-25-20(29)13-17(14-21(25)30)23(34)15-33(5)26(35)22(32(3)4)12-16-10-18(27)24(36-6)19(28)11-16/h10-11,13-14,22H,7-9,12,15H2,1-6H3. The van der Waals surface area contributed by atoms with E-state index in [2.05, 4.69) is 68.6 Å². The Balaban J connectivity index is 2.10. The Morgan fingerprint density at radius 2 is 1.41 bits per heavy atom. The summed E-state index contributed by atoms with van der Waals surface area (Å²) in [5.41, 5.74) is 1.45. The van der Waals surface area contributed by atoms with Gasteiger partial charge in [0.15, 0.2) is 5.78 Å². The van der Waals surface area contributed by atoms with E-state index in [1.54, 1.807) is 26.3 Å². The van der Waals surface area contributed by atoms with E-state index in [1.807, 2.05) is 45.2 Å². The lowest BCUT2D eigenvalue weighted by atomic mass is 10.0. The number of hydrogen-bond acceptors (Lipinski definition) is 6. The molecule has 0 saturated heterocycles. The van der Waals surface area contributed by atoms with Crippen molar-refractivity contribution in [2.24, 2.45) is 0 Å². The van der Waals surface area contributed by atoms with Crippen molar-refractivity contribution in [3.8, 4) is 11.5 Å². The molecule has 0 fully saturated rings. The third kappa shape index (κ3) is 9.32. The molecule has 37 heavy (non-hydrogen) atoms. The Morgan fingerprint density at radius 1 is 0.865 bits per heavy atom. The summed E-state index contributed by atoms with van der Waals surface area (Å²) in [6, 6.07) is 6.92. The number of carbonyl (C=O) groups is 2. The summed E-state index contributed by atoms with van der Waals surface area (Å²) in [5, 5.41) is 0. The second kappa shape index (κ2) is 15.0. The van der Waals surface area contributed by atoms with Crippen molar-refractivity contribution in [3.05, 3.63) is 53.3 Å². The van der Waals surface area contributed by atoms with Gasteiger partial charge in [-0.3, -0.25) is 14.5 Å². The largest absolute Gasteiger partial charge is 0.494 e. The molecular formula is C26H33Br4N3O4. The van der Waals surface area contributed by atoms with Gasteiger partial charge >= 0.3 is 0 Å². The zero-order chi connectivity index (χ0) is 27.9. The van der Waals surface area contributed by atoms with Crippen LogP contribution in [-0.2, 0) is 11.2 Å². The van der Waals surface area contributed by atoms with Gasteiger partial charge in [0.1, 0.15) is 11.5 Å². The average Bonchev–Trinajstić information content (AvgIpc) is 2.80. The van der Waals surface area contributed by atoms with E-state index in [1.165, 1.54) is 4.90 Å². The number of methoxy groups -OCH3 is 1. The molecule has 0 aliphatic heterocycles. The lowest BCUT2D eigenvalue weighted by Crippen LogP contribution is -2.47. The monoisotopic (exact) mass is 767 g/mol.